The molecule has 0 saturated heterocycles. The first kappa shape index (κ1) is 12.8. The fourth-order valence-corrected chi connectivity index (χ4v) is 2.33. The van der Waals surface area contributed by atoms with E-state index in [4.69, 9.17) is 5.73 Å². The summed E-state index contributed by atoms with van der Waals surface area (Å²) in [4.78, 5) is 12.4. The molecule has 92 valence electrons. The largest absolute Gasteiger partial charge is 0.398 e. The summed E-state index contributed by atoms with van der Waals surface area (Å²) in [6.07, 6.45) is 0. The highest BCUT2D eigenvalue weighted by molar-refractivity contribution is 9.10. The van der Waals surface area contributed by atoms with Crippen LogP contribution >= 0.6 is 15.9 Å². The molecule has 0 aliphatic rings. The van der Waals surface area contributed by atoms with Crippen molar-refractivity contribution in [2.45, 2.75) is 13.8 Å². The number of halogens is 1. The van der Waals surface area contributed by atoms with Gasteiger partial charge in [-0.25, -0.2) is 0 Å². The quantitative estimate of drug-likeness (QED) is 0.676. The topological polar surface area (TPSA) is 43.1 Å². The molecule has 0 saturated carbocycles. The van der Waals surface area contributed by atoms with Crippen LogP contribution in [0.2, 0.25) is 0 Å². The summed E-state index contributed by atoms with van der Waals surface area (Å²) in [5.74, 6) is -0.0301. The van der Waals surface area contributed by atoms with Crippen molar-refractivity contribution >= 4 is 27.4 Å². The molecular formula is C15H14BrNO. The molecule has 0 atom stereocenters. The van der Waals surface area contributed by atoms with E-state index >= 15 is 0 Å². The van der Waals surface area contributed by atoms with Crippen LogP contribution in [0.3, 0.4) is 0 Å². The average molecular weight is 304 g/mol. The number of carbonyl (C=O) groups is 1. The Bertz CT molecular complexity index is 566. The van der Waals surface area contributed by atoms with Crippen LogP contribution in [-0.2, 0) is 0 Å². The van der Waals surface area contributed by atoms with Crippen molar-refractivity contribution in [3.05, 3.63) is 63.1 Å². The Balaban J connectivity index is 2.48. The smallest absolute Gasteiger partial charge is 0.195 e. The number of hydrogen-bond acceptors (Lipinski definition) is 2. The van der Waals surface area contributed by atoms with Gasteiger partial charge >= 0.3 is 0 Å². The summed E-state index contributed by atoms with van der Waals surface area (Å²) >= 11 is 3.33. The number of aryl methyl sites for hydroxylation is 2. The molecule has 3 heteroatoms. The van der Waals surface area contributed by atoms with E-state index in [0.717, 1.165) is 15.6 Å². The van der Waals surface area contributed by atoms with Crippen molar-refractivity contribution in [2.75, 3.05) is 5.73 Å². The van der Waals surface area contributed by atoms with E-state index in [-0.39, 0.29) is 5.78 Å². The number of hydrogen-bond donors (Lipinski definition) is 1. The molecule has 0 spiro atoms. The summed E-state index contributed by atoms with van der Waals surface area (Å²) in [6.45, 7) is 3.95. The Labute approximate surface area is 115 Å². The Morgan fingerprint density at radius 1 is 1.06 bits per heavy atom. The number of rotatable bonds is 2. The van der Waals surface area contributed by atoms with Crippen LogP contribution in [0.4, 0.5) is 5.69 Å². The lowest BCUT2D eigenvalue weighted by molar-refractivity contribution is 0.103. The molecule has 0 aromatic heterocycles. The van der Waals surface area contributed by atoms with Crippen molar-refractivity contribution in [3.8, 4) is 0 Å². The summed E-state index contributed by atoms with van der Waals surface area (Å²) in [6, 6.07) is 11.1. The molecule has 0 bridgehead atoms. The van der Waals surface area contributed by atoms with Crippen LogP contribution in [0.1, 0.15) is 27.0 Å². The van der Waals surface area contributed by atoms with Crippen molar-refractivity contribution in [2.24, 2.45) is 0 Å². The van der Waals surface area contributed by atoms with Crippen molar-refractivity contribution < 1.29 is 4.79 Å². The van der Waals surface area contributed by atoms with E-state index in [0.29, 0.717) is 16.8 Å². The number of nitrogen functional groups attached to an aromatic ring is 1. The van der Waals surface area contributed by atoms with Gasteiger partial charge in [-0.1, -0.05) is 39.7 Å². The maximum Gasteiger partial charge on any atom is 0.195 e. The second-order valence-electron chi connectivity index (χ2n) is 4.38. The molecule has 0 unspecified atom stereocenters. The van der Waals surface area contributed by atoms with E-state index in [1.807, 2.05) is 38.1 Å². The minimum Gasteiger partial charge on any atom is -0.398 e. The summed E-state index contributed by atoms with van der Waals surface area (Å²) in [5.41, 5.74) is 9.75. The molecule has 0 aliphatic carbocycles. The van der Waals surface area contributed by atoms with Gasteiger partial charge < -0.3 is 5.73 Å². The molecule has 0 fully saturated rings. The Morgan fingerprint density at radius 2 is 1.72 bits per heavy atom. The van der Waals surface area contributed by atoms with Gasteiger partial charge in [0.25, 0.3) is 0 Å². The summed E-state index contributed by atoms with van der Waals surface area (Å²) in [7, 11) is 0. The molecule has 2 aromatic rings. The first-order chi connectivity index (χ1) is 8.49. The summed E-state index contributed by atoms with van der Waals surface area (Å²) < 4.78 is 0.872. The van der Waals surface area contributed by atoms with Gasteiger partial charge in [-0.15, -0.1) is 0 Å². The third-order valence-electron chi connectivity index (χ3n) is 2.88. The van der Waals surface area contributed by atoms with Gasteiger partial charge in [0, 0.05) is 21.3 Å². The van der Waals surface area contributed by atoms with Gasteiger partial charge in [0.2, 0.25) is 0 Å². The van der Waals surface area contributed by atoms with Crippen LogP contribution in [0, 0.1) is 13.8 Å². The van der Waals surface area contributed by atoms with Crippen LogP contribution in [0.15, 0.2) is 40.9 Å². The second kappa shape index (κ2) is 4.94. The monoisotopic (exact) mass is 303 g/mol. The standard InChI is InChI=1S/C15H14BrNO/c1-9-3-5-12(10(2)7-9)15(18)13-6-4-11(16)8-14(13)17/h3-8H,17H2,1-2H3. The SMILES string of the molecule is Cc1ccc(C(=O)c2ccc(Br)cc2N)c(C)c1. The predicted octanol–water partition coefficient (Wildman–Crippen LogP) is 3.88. The molecule has 0 amide bonds. The van der Waals surface area contributed by atoms with Crippen molar-refractivity contribution in [1.29, 1.82) is 0 Å². The number of carbonyl (C=O) groups excluding carboxylic acids is 1. The van der Waals surface area contributed by atoms with Crippen molar-refractivity contribution in [1.82, 2.24) is 0 Å². The second-order valence-corrected chi connectivity index (χ2v) is 5.29. The molecule has 0 radical (unpaired) electrons. The van der Waals surface area contributed by atoms with Crippen LogP contribution in [0.25, 0.3) is 0 Å². The maximum atomic E-state index is 12.4. The number of nitrogens with two attached hydrogens (primary N) is 1. The van der Waals surface area contributed by atoms with E-state index in [2.05, 4.69) is 15.9 Å². The maximum absolute atomic E-state index is 12.4. The molecule has 18 heavy (non-hydrogen) atoms. The highest BCUT2D eigenvalue weighted by Crippen LogP contribution is 2.23. The number of ketones is 1. The predicted molar refractivity (Wildman–Crippen MR) is 77.9 cm³/mol. The minimum atomic E-state index is -0.0301. The van der Waals surface area contributed by atoms with Crippen molar-refractivity contribution in [3.63, 3.8) is 0 Å². The first-order valence-corrected chi connectivity index (χ1v) is 6.45. The zero-order chi connectivity index (χ0) is 13.3. The lowest BCUT2D eigenvalue weighted by Gasteiger charge is -2.08. The lowest BCUT2D eigenvalue weighted by Crippen LogP contribution is -2.07. The van der Waals surface area contributed by atoms with E-state index in [1.165, 1.54) is 0 Å². The molecule has 2 nitrogen and oxygen atoms in total. The van der Waals surface area contributed by atoms with Crippen LogP contribution in [0.5, 0.6) is 0 Å². The lowest BCUT2D eigenvalue weighted by atomic mass is 9.97. The van der Waals surface area contributed by atoms with E-state index in [1.54, 1.807) is 12.1 Å². The highest BCUT2D eigenvalue weighted by Gasteiger charge is 2.14. The fourth-order valence-electron chi connectivity index (χ4n) is 1.95. The zero-order valence-electron chi connectivity index (χ0n) is 10.3. The molecular weight excluding hydrogens is 290 g/mol. The highest BCUT2D eigenvalue weighted by atomic mass is 79.9. The summed E-state index contributed by atoms with van der Waals surface area (Å²) in [5, 5.41) is 0. The van der Waals surface area contributed by atoms with Crippen LogP contribution in [-0.4, -0.2) is 5.78 Å². The third-order valence-corrected chi connectivity index (χ3v) is 3.38. The minimum absolute atomic E-state index is 0.0301. The first-order valence-electron chi connectivity index (χ1n) is 5.66. The van der Waals surface area contributed by atoms with Gasteiger partial charge in [-0.3, -0.25) is 4.79 Å². The fraction of sp³-hybridized carbons (Fsp3) is 0.133. The zero-order valence-corrected chi connectivity index (χ0v) is 11.9. The van der Waals surface area contributed by atoms with Gasteiger partial charge in [-0.2, -0.15) is 0 Å². The van der Waals surface area contributed by atoms with Crippen LogP contribution < -0.4 is 5.73 Å². The Morgan fingerprint density at radius 3 is 2.33 bits per heavy atom. The Kier molecular flexibility index (Phi) is 3.53. The Hall–Kier alpha value is -1.61. The molecule has 0 heterocycles. The number of anilines is 1. The van der Waals surface area contributed by atoms with E-state index in [9.17, 15) is 4.79 Å². The van der Waals surface area contributed by atoms with Gasteiger partial charge in [0.05, 0.1) is 0 Å². The van der Waals surface area contributed by atoms with Gasteiger partial charge in [-0.05, 0) is 37.6 Å². The van der Waals surface area contributed by atoms with Gasteiger partial charge in [0.15, 0.2) is 5.78 Å². The van der Waals surface area contributed by atoms with Gasteiger partial charge in [0.1, 0.15) is 0 Å². The third kappa shape index (κ3) is 2.46. The molecule has 2 aromatic carbocycles. The molecule has 2 N–H and O–H groups in total. The molecule has 2 rings (SSSR count). The number of benzene rings is 2. The molecule has 0 aliphatic heterocycles. The normalized spacial score (nSPS) is 10.4. The van der Waals surface area contributed by atoms with E-state index < -0.39 is 0 Å². The average Bonchev–Trinajstić information content (AvgIpc) is 2.28.